The molecule has 4 atom stereocenters. The first-order valence-corrected chi connectivity index (χ1v) is 24.3. The molecule has 1 aliphatic rings. The van der Waals surface area contributed by atoms with Crippen LogP contribution in [0.5, 0.6) is 17.2 Å². The van der Waals surface area contributed by atoms with Gasteiger partial charge in [0, 0.05) is 68.8 Å². The van der Waals surface area contributed by atoms with Crippen molar-refractivity contribution in [1.29, 1.82) is 10.5 Å². The number of fused-ring (bicyclic) bond motifs is 5. The van der Waals surface area contributed by atoms with Crippen molar-refractivity contribution in [2.45, 2.75) is 109 Å². The van der Waals surface area contributed by atoms with Gasteiger partial charge in [-0.25, -0.2) is 0 Å². The number of carbonyl (C=O) groups is 6. The van der Waals surface area contributed by atoms with E-state index in [1.54, 1.807) is 55.5 Å². The maximum Gasteiger partial charge on any atom is 0.258 e. The van der Waals surface area contributed by atoms with Crippen LogP contribution in [0.4, 0.5) is 0 Å². The fourth-order valence-electron chi connectivity index (χ4n) is 8.49. The fourth-order valence-corrected chi connectivity index (χ4v) is 8.49. The first-order valence-electron chi connectivity index (χ1n) is 24.3. The average molecular weight is 963 g/mol. The van der Waals surface area contributed by atoms with Gasteiger partial charge >= 0.3 is 0 Å². The van der Waals surface area contributed by atoms with Crippen LogP contribution in [0.25, 0.3) is 11.1 Å². The van der Waals surface area contributed by atoms with Crippen molar-refractivity contribution in [2.24, 2.45) is 29.0 Å². The highest BCUT2D eigenvalue weighted by Gasteiger charge is 2.36. The molecule has 0 saturated carbocycles. The second-order valence-corrected chi connectivity index (χ2v) is 17.6. The Morgan fingerprint density at radius 3 is 2.19 bits per heavy atom. The monoisotopic (exact) mass is 963 g/mol. The van der Waals surface area contributed by atoms with Crippen molar-refractivity contribution < 1.29 is 43.0 Å². The summed E-state index contributed by atoms with van der Waals surface area (Å²) >= 11 is 0. The van der Waals surface area contributed by atoms with E-state index in [0.717, 1.165) is 44.1 Å². The summed E-state index contributed by atoms with van der Waals surface area (Å²) in [7, 11) is 1.47. The number of likely N-dealkylation sites (N-methyl/N-ethyl adjacent to an activating group) is 1. The number of ether oxygens (including phenoxy) is 3. The second-order valence-electron chi connectivity index (χ2n) is 17.6. The van der Waals surface area contributed by atoms with Gasteiger partial charge in [-0.05, 0) is 85.3 Å². The highest BCUT2D eigenvalue weighted by atomic mass is 16.5. The summed E-state index contributed by atoms with van der Waals surface area (Å²) in [4.78, 5) is 85.2. The predicted octanol–water partition coefficient (Wildman–Crippen LogP) is 5.20. The third-order valence-corrected chi connectivity index (χ3v) is 12.2. The molecule has 3 aromatic carbocycles. The van der Waals surface area contributed by atoms with Crippen LogP contribution in [0.2, 0.25) is 0 Å². The van der Waals surface area contributed by atoms with E-state index < -0.39 is 59.8 Å². The van der Waals surface area contributed by atoms with Crippen molar-refractivity contribution in [2.75, 3.05) is 53.0 Å². The van der Waals surface area contributed by atoms with Crippen LogP contribution >= 0.6 is 0 Å². The van der Waals surface area contributed by atoms with Gasteiger partial charge in [-0.15, -0.1) is 0 Å². The fraction of sp³-hybridized carbons (Fsp3) is 0.509. The molecule has 3 aromatic rings. The molecule has 4 bridgehead atoms. The van der Waals surface area contributed by atoms with Gasteiger partial charge in [-0.1, -0.05) is 64.2 Å². The van der Waals surface area contributed by atoms with Crippen LogP contribution in [-0.2, 0) is 36.8 Å². The molecule has 8 N–H and O–H groups in total. The number of ketones is 3. The largest absolute Gasteiger partial charge is 0.492 e. The van der Waals surface area contributed by atoms with Crippen LogP contribution in [0.15, 0.2) is 54.6 Å². The molecule has 0 spiro atoms. The number of nitrogens with two attached hydrogens (primary N) is 3. The molecule has 4 rings (SSSR count). The minimum Gasteiger partial charge on any atom is -0.492 e. The first kappa shape index (κ1) is 55.9. The Kier molecular flexibility index (Phi) is 23.5. The zero-order chi connectivity index (χ0) is 51.0. The molecule has 0 fully saturated rings. The Labute approximate surface area is 411 Å². The molecule has 0 unspecified atom stereocenters. The molecule has 17 nitrogen and oxygen atoms in total. The number of aryl methyl sites for hydroxylation is 1. The summed E-state index contributed by atoms with van der Waals surface area (Å²) in [6.45, 7) is 3.78. The number of hydrogen-bond acceptors (Lipinski definition) is 14. The van der Waals surface area contributed by atoms with Crippen molar-refractivity contribution in [3.05, 3.63) is 76.9 Å². The lowest BCUT2D eigenvalue weighted by Gasteiger charge is -2.32. The van der Waals surface area contributed by atoms with Crippen LogP contribution in [0.1, 0.15) is 118 Å². The number of Topliss-reactive ketones (excluding diaryl/α,β-unsaturated/α-hetero) is 3. The van der Waals surface area contributed by atoms with E-state index in [1.165, 1.54) is 18.4 Å². The standard InChI is InChI=1S/C53H70N8O9/c1-4-5-6-7-8-9-11-36-13-16-40(49(31-36)70-34-50(65)59-25-22-56)45(63)33-39(19-21-55)53(67)61(3)51-38-15-18-48(69-27-24-58)42(32-38)41-29-37(14-17-47(41)68-26-23-57)30-43(44(62)12-10-20-54)60-52(66)35(2)28-46(51)64/h13-18,29,31-32,35,39,43,51H,4-12,19,21,23-28,30,33-34,55,57-58H2,1-3H3,(H,59,65)(H,60,66)/t35-,39-,43+,51+/m1/s1. The van der Waals surface area contributed by atoms with E-state index in [0.29, 0.717) is 33.8 Å². The molecule has 0 aromatic heterocycles. The minimum atomic E-state index is -1.29. The lowest BCUT2D eigenvalue weighted by atomic mass is 9.88. The molecule has 0 aliphatic carbocycles. The SMILES string of the molecule is CCCCCCCCc1ccc(C(=O)C[C@@H](CCN)C(=O)N(C)[C@@H]2C(=O)C[C@@H](C)C(=O)N[C@H](C(=O)CCC#N)Cc3ccc(OCCN)c(c3)-c3cc2ccc3OCCN)c(OCC(=O)NCC#N)c1. The van der Waals surface area contributed by atoms with Gasteiger partial charge in [-0.3, -0.25) is 28.8 Å². The number of unbranched alkanes of at least 4 members (excludes halogenated alkanes) is 5. The van der Waals surface area contributed by atoms with Gasteiger partial charge in [0.2, 0.25) is 11.8 Å². The number of amides is 3. The summed E-state index contributed by atoms with van der Waals surface area (Å²) in [5, 5.41) is 23.5. The van der Waals surface area contributed by atoms with E-state index in [9.17, 15) is 34.0 Å². The number of carbonyl (C=O) groups excluding carboxylic acids is 6. The number of hydrogen-bond donors (Lipinski definition) is 5. The third-order valence-electron chi connectivity index (χ3n) is 12.2. The molecule has 376 valence electrons. The van der Waals surface area contributed by atoms with Crippen LogP contribution in [0, 0.1) is 34.5 Å². The third kappa shape index (κ3) is 16.5. The Morgan fingerprint density at radius 2 is 1.51 bits per heavy atom. The summed E-state index contributed by atoms with van der Waals surface area (Å²) in [6, 6.07) is 17.1. The van der Waals surface area contributed by atoms with E-state index >= 15 is 0 Å². The highest BCUT2D eigenvalue weighted by molar-refractivity contribution is 6.02. The molecule has 70 heavy (non-hydrogen) atoms. The topological polar surface area (TPSA) is 283 Å². The second kappa shape index (κ2) is 29.4. The van der Waals surface area contributed by atoms with Gasteiger partial charge in [0.15, 0.2) is 24.0 Å². The van der Waals surface area contributed by atoms with Gasteiger partial charge < -0.3 is 46.9 Å². The summed E-state index contributed by atoms with van der Waals surface area (Å²) in [5.41, 5.74) is 20.9. The van der Waals surface area contributed by atoms with E-state index in [2.05, 4.69) is 17.6 Å². The predicted molar refractivity (Wildman–Crippen MR) is 265 cm³/mol. The normalized spacial score (nSPS) is 16.1. The van der Waals surface area contributed by atoms with Crippen molar-refractivity contribution >= 4 is 35.1 Å². The molecular weight excluding hydrogens is 893 g/mol. The van der Waals surface area contributed by atoms with Gasteiger partial charge in [0.1, 0.15) is 43.0 Å². The number of nitrogens with zero attached hydrogens (tertiary/aromatic N) is 3. The summed E-state index contributed by atoms with van der Waals surface area (Å²) in [6.07, 6.45) is 6.63. The molecule has 0 saturated heterocycles. The number of nitriles is 2. The molecular formula is C53H70N8O9. The van der Waals surface area contributed by atoms with Crippen LogP contribution in [-0.4, -0.2) is 99.1 Å². The molecule has 1 aliphatic heterocycles. The minimum absolute atomic E-state index is 0.0282. The van der Waals surface area contributed by atoms with E-state index in [1.807, 2.05) is 18.2 Å². The van der Waals surface area contributed by atoms with E-state index in [-0.39, 0.29) is 95.0 Å². The summed E-state index contributed by atoms with van der Waals surface area (Å²) < 4.78 is 18.2. The van der Waals surface area contributed by atoms with Crippen molar-refractivity contribution in [1.82, 2.24) is 15.5 Å². The Morgan fingerprint density at radius 1 is 0.829 bits per heavy atom. The quantitative estimate of drug-likeness (QED) is 0.0373. The molecule has 17 heteroatoms. The zero-order valence-corrected chi connectivity index (χ0v) is 40.9. The highest BCUT2D eigenvalue weighted by Crippen LogP contribution is 2.41. The van der Waals surface area contributed by atoms with Gasteiger partial charge in [0.05, 0.1) is 23.7 Å². The summed E-state index contributed by atoms with van der Waals surface area (Å²) in [5.74, 6) is -3.96. The van der Waals surface area contributed by atoms with Gasteiger partial charge in [-0.2, -0.15) is 10.5 Å². The van der Waals surface area contributed by atoms with Crippen LogP contribution < -0.4 is 42.0 Å². The van der Waals surface area contributed by atoms with Gasteiger partial charge in [0.25, 0.3) is 5.91 Å². The Balaban J connectivity index is 1.79. The molecule has 1 heterocycles. The number of rotatable bonds is 27. The maximum atomic E-state index is 14.9. The Bertz CT molecular complexity index is 2360. The maximum absolute atomic E-state index is 14.9. The number of benzene rings is 3. The lowest BCUT2D eigenvalue weighted by molar-refractivity contribution is -0.142. The zero-order valence-electron chi connectivity index (χ0n) is 40.9. The van der Waals surface area contributed by atoms with E-state index in [4.69, 9.17) is 36.7 Å². The lowest BCUT2D eigenvalue weighted by Crippen LogP contribution is -2.46. The molecule has 3 amide bonds. The van der Waals surface area contributed by atoms with Crippen molar-refractivity contribution in [3.63, 3.8) is 0 Å². The average Bonchev–Trinajstić information content (AvgIpc) is 3.35. The molecule has 0 radical (unpaired) electrons. The first-order chi connectivity index (χ1) is 33.8. The smallest absolute Gasteiger partial charge is 0.258 e. The van der Waals surface area contributed by atoms with Crippen molar-refractivity contribution in [3.8, 4) is 40.5 Å². The Hall–Kier alpha value is -6.66. The number of nitrogens with one attached hydrogen (secondary N) is 2. The van der Waals surface area contributed by atoms with Crippen LogP contribution in [0.3, 0.4) is 0 Å².